The predicted octanol–water partition coefficient (Wildman–Crippen LogP) is 1.80. The minimum absolute atomic E-state index is 0.0972. The molecular weight excluding hydrogens is 245 g/mol. The maximum absolute atomic E-state index is 13.5. The molecule has 1 atom stereocenters. The summed E-state index contributed by atoms with van der Waals surface area (Å²) in [6.45, 7) is 2.29. The molecule has 3 nitrogen and oxygen atoms in total. The zero-order valence-corrected chi connectivity index (χ0v) is 10.3. The van der Waals surface area contributed by atoms with E-state index in [2.05, 4.69) is 0 Å². The van der Waals surface area contributed by atoms with Gasteiger partial charge in [0.15, 0.2) is 0 Å². The van der Waals surface area contributed by atoms with Crippen LogP contribution in [-0.4, -0.2) is 24.9 Å². The molecule has 94 valence electrons. The lowest BCUT2D eigenvalue weighted by Crippen LogP contribution is -2.53. The molecule has 0 spiro atoms. The maximum atomic E-state index is 13.5. The zero-order chi connectivity index (χ0) is 12.6. The molecule has 0 amide bonds. The average molecular weight is 260 g/mol. The number of aryl methyl sites for hydroxylation is 1. The lowest BCUT2D eigenvalue weighted by molar-refractivity contribution is -0.150. The van der Waals surface area contributed by atoms with Crippen molar-refractivity contribution in [1.82, 2.24) is 0 Å². The van der Waals surface area contributed by atoms with Crippen molar-refractivity contribution in [3.05, 3.63) is 34.1 Å². The van der Waals surface area contributed by atoms with Gasteiger partial charge in [-0.2, -0.15) is 0 Å². The Labute approximate surface area is 104 Å². The second-order valence-electron chi connectivity index (χ2n) is 4.61. The van der Waals surface area contributed by atoms with Crippen molar-refractivity contribution in [2.75, 3.05) is 19.8 Å². The van der Waals surface area contributed by atoms with E-state index >= 15 is 0 Å². The third-order valence-corrected chi connectivity index (χ3v) is 3.69. The third-order valence-electron chi connectivity index (χ3n) is 3.37. The van der Waals surface area contributed by atoms with Crippen LogP contribution in [0.5, 0.6) is 0 Å². The normalized spacial score (nSPS) is 19.8. The number of halogens is 2. The second-order valence-corrected chi connectivity index (χ2v) is 5.02. The molecule has 1 fully saturated rings. The van der Waals surface area contributed by atoms with Gasteiger partial charge in [0, 0.05) is 11.1 Å². The van der Waals surface area contributed by atoms with Crippen LogP contribution in [0.1, 0.15) is 17.2 Å². The van der Waals surface area contributed by atoms with Crippen LogP contribution in [0.4, 0.5) is 4.39 Å². The molecule has 1 heterocycles. The Balaban J connectivity index is 2.36. The highest BCUT2D eigenvalue weighted by Crippen LogP contribution is 2.41. The van der Waals surface area contributed by atoms with Gasteiger partial charge in [0.05, 0.1) is 25.2 Å². The van der Waals surface area contributed by atoms with E-state index in [1.165, 1.54) is 6.07 Å². The first kappa shape index (κ1) is 12.8. The van der Waals surface area contributed by atoms with Gasteiger partial charge < -0.3 is 15.6 Å². The fraction of sp³-hybridized carbons (Fsp3) is 0.500. The van der Waals surface area contributed by atoms with Crippen molar-refractivity contribution in [2.45, 2.75) is 13.0 Å². The number of hydrogen-bond acceptors (Lipinski definition) is 3. The van der Waals surface area contributed by atoms with E-state index in [0.29, 0.717) is 29.4 Å². The quantitative estimate of drug-likeness (QED) is 0.870. The van der Waals surface area contributed by atoms with E-state index in [0.717, 1.165) is 0 Å². The number of nitrogens with two attached hydrogens (primary N) is 1. The zero-order valence-electron chi connectivity index (χ0n) is 9.54. The van der Waals surface area contributed by atoms with Gasteiger partial charge in [-0.1, -0.05) is 11.6 Å². The molecule has 1 aliphatic heterocycles. The maximum Gasteiger partial charge on any atom is 0.126 e. The molecule has 0 bridgehead atoms. The minimum Gasteiger partial charge on any atom is -0.396 e. The Morgan fingerprint density at radius 3 is 2.71 bits per heavy atom. The Morgan fingerprint density at radius 2 is 2.24 bits per heavy atom. The van der Waals surface area contributed by atoms with Gasteiger partial charge in [0.25, 0.3) is 0 Å². The molecule has 0 aliphatic carbocycles. The minimum atomic E-state index is -0.536. The van der Waals surface area contributed by atoms with Gasteiger partial charge in [-0.3, -0.25) is 0 Å². The summed E-state index contributed by atoms with van der Waals surface area (Å²) in [5.74, 6) is -0.340. The summed E-state index contributed by atoms with van der Waals surface area (Å²) in [4.78, 5) is 0. The molecule has 17 heavy (non-hydrogen) atoms. The molecule has 2 rings (SSSR count). The van der Waals surface area contributed by atoms with Crippen LogP contribution in [0.15, 0.2) is 12.1 Å². The van der Waals surface area contributed by atoms with Crippen molar-refractivity contribution in [3.63, 3.8) is 0 Å². The molecule has 1 saturated heterocycles. The van der Waals surface area contributed by atoms with Crippen molar-refractivity contribution in [3.8, 4) is 0 Å². The standard InChI is InChI=1S/C12H15ClFNO2/c1-7-2-9(13)8(3-10(7)14)11(15)12(4-16)5-17-6-12/h2-3,11,16H,4-6,15H2,1H3. The lowest BCUT2D eigenvalue weighted by atomic mass is 9.76. The van der Waals surface area contributed by atoms with E-state index < -0.39 is 11.5 Å². The number of hydrogen-bond donors (Lipinski definition) is 2. The summed E-state index contributed by atoms with van der Waals surface area (Å²) in [5.41, 5.74) is 6.54. The van der Waals surface area contributed by atoms with E-state index in [-0.39, 0.29) is 12.4 Å². The summed E-state index contributed by atoms with van der Waals surface area (Å²) >= 11 is 6.07. The SMILES string of the molecule is Cc1cc(Cl)c(C(N)C2(CO)COC2)cc1F. The third kappa shape index (κ3) is 2.06. The molecule has 1 aromatic carbocycles. The first-order valence-corrected chi connectivity index (χ1v) is 5.78. The van der Waals surface area contributed by atoms with E-state index in [9.17, 15) is 9.50 Å². The first-order valence-electron chi connectivity index (χ1n) is 5.40. The first-order chi connectivity index (χ1) is 8.00. The van der Waals surface area contributed by atoms with Gasteiger partial charge >= 0.3 is 0 Å². The molecule has 5 heteroatoms. The van der Waals surface area contributed by atoms with Gasteiger partial charge in [0.2, 0.25) is 0 Å². The summed E-state index contributed by atoms with van der Waals surface area (Å²) in [7, 11) is 0. The van der Waals surface area contributed by atoms with Crippen molar-refractivity contribution < 1.29 is 14.2 Å². The van der Waals surface area contributed by atoms with Gasteiger partial charge in [-0.15, -0.1) is 0 Å². The highest BCUT2D eigenvalue weighted by Gasteiger charge is 2.45. The van der Waals surface area contributed by atoms with Crippen LogP contribution in [0, 0.1) is 18.2 Å². The van der Waals surface area contributed by atoms with Crippen LogP contribution < -0.4 is 5.73 Å². The molecule has 1 unspecified atom stereocenters. The summed E-state index contributed by atoms with van der Waals surface area (Å²) < 4.78 is 18.6. The predicted molar refractivity (Wildman–Crippen MR) is 63.4 cm³/mol. The van der Waals surface area contributed by atoms with Crippen LogP contribution in [-0.2, 0) is 4.74 Å². The fourth-order valence-electron chi connectivity index (χ4n) is 1.96. The fourth-order valence-corrected chi connectivity index (χ4v) is 2.30. The largest absolute Gasteiger partial charge is 0.396 e. The molecular formula is C12H15ClFNO2. The Morgan fingerprint density at radius 1 is 1.59 bits per heavy atom. The van der Waals surface area contributed by atoms with Crippen LogP contribution in [0.2, 0.25) is 5.02 Å². The number of benzene rings is 1. The number of aliphatic hydroxyl groups excluding tert-OH is 1. The molecule has 1 aromatic rings. The van der Waals surface area contributed by atoms with Crippen LogP contribution in [0.25, 0.3) is 0 Å². The Bertz CT molecular complexity index is 429. The lowest BCUT2D eigenvalue weighted by Gasteiger charge is -2.44. The average Bonchev–Trinajstić information content (AvgIpc) is 2.22. The Hall–Kier alpha value is -0.680. The van der Waals surface area contributed by atoms with E-state index in [4.69, 9.17) is 22.1 Å². The highest BCUT2D eigenvalue weighted by molar-refractivity contribution is 6.31. The number of aliphatic hydroxyl groups is 1. The highest BCUT2D eigenvalue weighted by atomic mass is 35.5. The summed E-state index contributed by atoms with van der Waals surface area (Å²) in [6.07, 6.45) is 0. The molecule has 0 radical (unpaired) electrons. The molecule has 0 saturated carbocycles. The van der Waals surface area contributed by atoms with Crippen LogP contribution >= 0.6 is 11.6 Å². The topological polar surface area (TPSA) is 55.5 Å². The Kier molecular flexibility index (Phi) is 3.41. The van der Waals surface area contributed by atoms with Gasteiger partial charge in [0.1, 0.15) is 5.82 Å². The second kappa shape index (κ2) is 4.53. The monoisotopic (exact) mass is 259 g/mol. The van der Waals surface area contributed by atoms with Crippen molar-refractivity contribution in [1.29, 1.82) is 0 Å². The van der Waals surface area contributed by atoms with E-state index in [1.54, 1.807) is 13.0 Å². The van der Waals surface area contributed by atoms with Gasteiger partial charge in [-0.25, -0.2) is 4.39 Å². The number of rotatable bonds is 3. The van der Waals surface area contributed by atoms with Crippen LogP contribution in [0.3, 0.4) is 0 Å². The molecule has 0 aromatic heterocycles. The van der Waals surface area contributed by atoms with Crippen molar-refractivity contribution >= 4 is 11.6 Å². The summed E-state index contributed by atoms with van der Waals surface area (Å²) in [5, 5.41) is 9.81. The smallest absolute Gasteiger partial charge is 0.126 e. The molecule has 3 N–H and O–H groups in total. The number of ether oxygens (including phenoxy) is 1. The van der Waals surface area contributed by atoms with Crippen molar-refractivity contribution in [2.24, 2.45) is 11.1 Å². The summed E-state index contributed by atoms with van der Waals surface area (Å²) in [6, 6.07) is 2.37. The molecule has 1 aliphatic rings. The van der Waals surface area contributed by atoms with E-state index in [1.807, 2.05) is 0 Å². The van der Waals surface area contributed by atoms with Gasteiger partial charge in [-0.05, 0) is 30.2 Å².